The fraction of sp³-hybridized carbons (Fsp3) is 0.417. The third kappa shape index (κ3) is 3.84. The number of benzene rings is 1. The normalized spacial score (nSPS) is 13.0. The molecule has 4 nitrogen and oxygen atoms in total. The molecule has 0 saturated carbocycles. The summed E-state index contributed by atoms with van der Waals surface area (Å²) >= 11 is 0. The molecule has 0 heterocycles. The first-order chi connectivity index (χ1) is 7.99. The first kappa shape index (κ1) is 13.7. The van der Waals surface area contributed by atoms with Gasteiger partial charge in [0.15, 0.2) is 0 Å². The van der Waals surface area contributed by atoms with Crippen LogP contribution in [0, 0.1) is 11.3 Å². The second-order valence-corrected chi connectivity index (χ2v) is 5.62. The van der Waals surface area contributed by atoms with Crippen molar-refractivity contribution in [1.29, 1.82) is 5.26 Å². The van der Waals surface area contributed by atoms with Gasteiger partial charge in [0.25, 0.3) is 0 Å². The highest BCUT2D eigenvalue weighted by Crippen LogP contribution is 2.11. The maximum atomic E-state index is 11.9. The highest BCUT2D eigenvalue weighted by atomic mass is 32.2. The molecule has 0 aliphatic rings. The van der Waals surface area contributed by atoms with Crippen LogP contribution in [-0.4, -0.2) is 14.5 Å². The molecule has 0 aromatic heterocycles. The Bertz CT molecular complexity index is 500. The predicted molar refractivity (Wildman–Crippen MR) is 65.8 cm³/mol. The van der Waals surface area contributed by atoms with Gasteiger partial charge < -0.3 is 0 Å². The van der Waals surface area contributed by atoms with E-state index in [4.69, 9.17) is 5.26 Å². The Morgan fingerprint density at radius 2 is 1.94 bits per heavy atom. The maximum absolute atomic E-state index is 11.9. The molecule has 1 N–H and O–H groups in total. The largest absolute Gasteiger partial charge is 0.240 e. The van der Waals surface area contributed by atoms with Gasteiger partial charge in [-0.3, -0.25) is 0 Å². The smallest absolute Gasteiger partial charge is 0.208 e. The van der Waals surface area contributed by atoms with Gasteiger partial charge in [0, 0.05) is 6.04 Å². The second-order valence-electron chi connectivity index (χ2n) is 3.91. The molecule has 0 fully saturated rings. The summed E-state index contributed by atoms with van der Waals surface area (Å²) in [7, 11) is -3.44. The number of sulfonamides is 1. The lowest BCUT2D eigenvalue weighted by Crippen LogP contribution is -2.31. The molecule has 17 heavy (non-hydrogen) atoms. The molecular formula is C12H16N2O2S. The summed E-state index contributed by atoms with van der Waals surface area (Å²) in [5.41, 5.74) is 0.815. The van der Waals surface area contributed by atoms with E-state index in [0.29, 0.717) is 6.42 Å². The van der Waals surface area contributed by atoms with E-state index in [-0.39, 0.29) is 10.9 Å². The lowest BCUT2D eigenvalue weighted by Gasteiger charge is -2.12. The van der Waals surface area contributed by atoms with Crippen molar-refractivity contribution < 1.29 is 8.42 Å². The molecule has 1 aromatic rings. The predicted octanol–water partition coefficient (Wildman–Crippen LogP) is 1.83. The monoisotopic (exact) mass is 252 g/mol. The molecule has 1 atom stereocenters. The lowest BCUT2D eigenvalue weighted by atomic mass is 10.2. The van der Waals surface area contributed by atoms with Crippen molar-refractivity contribution in [3.63, 3.8) is 0 Å². The fourth-order valence-corrected chi connectivity index (χ4v) is 2.62. The average molecular weight is 252 g/mol. The van der Waals surface area contributed by atoms with Gasteiger partial charge in [-0.1, -0.05) is 19.1 Å². The van der Waals surface area contributed by atoms with Crippen molar-refractivity contribution in [3.8, 4) is 6.07 Å². The molecule has 5 heteroatoms. The quantitative estimate of drug-likeness (QED) is 0.869. The fourth-order valence-electron chi connectivity index (χ4n) is 1.29. The third-order valence-corrected chi connectivity index (χ3v) is 4.09. The van der Waals surface area contributed by atoms with Crippen LogP contribution in [-0.2, 0) is 16.4 Å². The lowest BCUT2D eigenvalue weighted by molar-refractivity contribution is 0.556. The molecule has 0 bridgehead atoms. The zero-order chi connectivity index (χ0) is 12.9. The van der Waals surface area contributed by atoms with Gasteiger partial charge in [-0.15, -0.1) is 0 Å². The summed E-state index contributed by atoms with van der Waals surface area (Å²) in [6, 6.07) is 8.31. The van der Waals surface area contributed by atoms with E-state index in [1.54, 1.807) is 12.1 Å². The number of nitrogens with zero attached hydrogens (tertiary/aromatic N) is 1. The van der Waals surface area contributed by atoms with E-state index in [0.717, 1.165) is 12.0 Å². The molecule has 1 unspecified atom stereocenters. The Kier molecular flexibility index (Phi) is 4.67. The standard InChI is InChI=1S/C12H16N2O2S/c1-3-10(2)14-17(15,16)12-6-4-11(5-7-12)8-9-13/h4-7,10,14H,3,8H2,1-2H3. The zero-order valence-corrected chi connectivity index (χ0v) is 10.8. The third-order valence-electron chi connectivity index (χ3n) is 2.49. The Hall–Kier alpha value is -1.38. The van der Waals surface area contributed by atoms with E-state index < -0.39 is 10.0 Å². The molecule has 0 saturated heterocycles. The minimum absolute atomic E-state index is 0.0845. The van der Waals surface area contributed by atoms with Crippen molar-refractivity contribution in [2.75, 3.05) is 0 Å². The summed E-state index contributed by atoms with van der Waals surface area (Å²) < 4.78 is 26.4. The minimum atomic E-state index is -3.44. The van der Waals surface area contributed by atoms with E-state index in [2.05, 4.69) is 4.72 Å². The van der Waals surface area contributed by atoms with Gasteiger partial charge in [0.05, 0.1) is 17.4 Å². The molecule has 92 valence electrons. The van der Waals surface area contributed by atoms with Crippen LogP contribution in [0.1, 0.15) is 25.8 Å². The summed E-state index contributed by atoms with van der Waals surface area (Å²) in [6.45, 7) is 3.74. The van der Waals surface area contributed by atoms with E-state index in [9.17, 15) is 8.42 Å². The highest BCUT2D eigenvalue weighted by Gasteiger charge is 2.15. The van der Waals surface area contributed by atoms with Crippen molar-refractivity contribution in [1.82, 2.24) is 4.72 Å². The van der Waals surface area contributed by atoms with E-state index in [1.165, 1.54) is 12.1 Å². The topological polar surface area (TPSA) is 70.0 Å². The molecule has 1 rings (SSSR count). The molecule has 0 aliphatic heterocycles. The number of rotatable bonds is 5. The van der Waals surface area contributed by atoms with Crippen LogP contribution in [0.5, 0.6) is 0 Å². The summed E-state index contributed by atoms with van der Waals surface area (Å²) in [5.74, 6) is 0. The van der Waals surface area contributed by atoms with Gasteiger partial charge in [0.2, 0.25) is 10.0 Å². The number of hydrogen-bond donors (Lipinski definition) is 1. The van der Waals surface area contributed by atoms with Gasteiger partial charge in [0.1, 0.15) is 0 Å². The summed E-state index contributed by atoms with van der Waals surface area (Å²) in [5, 5.41) is 8.52. The molecular weight excluding hydrogens is 236 g/mol. The van der Waals surface area contributed by atoms with E-state index >= 15 is 0 Å². The Morgan fingerprint density at radius 3 is 2.41 bits per heavy atom. The first-order valence-corrected chi connectivity index (χ1v) is 6.96. The van der Waals surface area contributed by atoms with Crippen LogP contribution in [0.3, 0.4) is 0 Å². The van der Waals surface area contributed by atoms with Crippen LogP contribution in [0.4, 0.5) is 0 Å². The van der Waals surface area contributed by atoms with Gasteiger partial charge in [-0.25, -0.2) is 13.1 Å². The Labute approximate surface area is 102 Å². The van der Waals surface area contributed by atoms with Crippen molar-refractivity contribution >= 4 is 10.0 Å². The van der Waals surface area contributed by atoms with Gasteiger partial charge in [-0.05, 0) is 31.0 Å². The van der Waals surface area contributed by atoms with Crippen LogP contribution in [0.15, 0.2) is 29.2 Å². The molecule has 0 aliphatic carbocycles. The van der Waals surface area contributed by atoms with E-state index in [1.807, 2.05) is 19.9 Å². The van der Waals surface area contributed by atoms with Crippen molar-refractivity contribution in [2.45, 2.75) is 37.6 Å². The van der Waals surface area contributed by atoms with Crippen LogP contribution >= 0.6 is 0 Å². The Morgan fingerprint density at radius 1 is 1.35 bits per heavy atom. The molecule has 0 spiro atoms. The highest BCUT2D eigenvalue weighted by molar-refractivity contribution is 7.89. The average Bonchev–Trinajstić information content (AvgIpc) is 2.29. The number of nitriles is 1. The summed E-state index contributed by atoms with van der Waals surface area (Å²) in [6.07, 6.45) is 1.03. The Balaban J connectivity index is 2.89. The minimum Gasteiger partial charge on any atom is -0.208 e. The zero-order valence-electron chi connectivity index (χ0n) is 9.97. The number of hydrogen-bond acceptors (Lipinski definition) is 3. The van der Waals surface area contributed by atoms with Crippen molar-refractivity contribution in [3.05, 3.63) is 29.8 Å². The number of nitrogens with one attached hydrogen (secondary N) is 1. The van der Waals surface area contributed by atoms with Crippen molar-refractivity contribution in [2.24, 2.45) is 0 Å². The molecule has 1 aromatic carbocycles. The second kappa shape index (κ2) is 5.80. The van der Waals surface area contributed by atoms with Crippen LogP contribution in [0.2, 0.25) is 0 Å². The SMILES string of the molecule is CCC(C)NS(=O)(=O)c1ccc(CC#N)cc1. The van der Waals surface area contributed by atoms with Gasteiger partial charge >= 0.3 is 0 Å². The summed E-state index contributed by atoms with van der Waals surface area (Å²) in [4.78, 5) is 0.236. The van der Waals surface area contributed by atoms with Crippen LogP contribution < -0.4 is 4.72 Å². The first-order valence-electron chi connectivity index (χ1n) is 5.48. The maximum Gasteiger partial charge on any atom is 0.240 e. The van der Waals surface area contributed by atoms with Crippen LogP contribution in [0.25, 0.3) is 0 Å². The molecule has 0 amide bonds. The molecule has 0 radical (unpaired) electrons. The van der Waals surface area contributed by atoms with Gasteiger partial charge in [-0.2, -0.15) is 5.26 Å².